The van der Waals surface area contributed by atoms with Gasteiger partial charge in [-0.2, -0.15) is 0 Å². The van der Waals surface area contributed by atoms with Gasteiger partial charge in [-0.25, -0.2) is 5.01 Å². The van der Waals surface area contributed by atoms with Gasteiger partial charge in [0.2, 0.25) is 0 Å². The first kappa shape index (κ1) is 19.8. The zero-order chi connectivity index (χ0) is 17.1. The van der Waals surface area contributed by atoms with Crippen molar-refractivity contribution in [1.29, 1.82) is 0 Å². The molecule has 3 rings (SSSR count). The van der Waals surface area contributed by atoms with Crippen LogP contribution in [0.4, 0.5) is 0 Å². The predicted molar refractivity (Wildman–Crippen MR) is 106 cm³/mol. The molecule has 1 aliphatic rings. The van der Waals surface area contributed by atoms with Crippen molar-refractivity contribution in [2.24, 2.45) is 11.8 Å². The van der Waals surface area contributed by atoms with E-state index in [4.69, 9.17) is 10.6 Å². The first-order valence-electron chi connectivity index (χ1n) is 8.80. The Labute approximate surface area is 157 Å². The van der Waals surface area contributed by atoms with Crippen LogP contribution in [0.5, 0.6) is 5.75 Å². The Morgan fingerprint density at radius 3 is 2.48 bits per heavy atom. The maximum atomic E-state index is 6.38. The number of nitrogens with two attached hydrogens (primary N) is 1. The normalized spacial score (nSPS) is 20.8. The van der Waals surface area contributed by atoms with Gasteiger partial charge in [0.15, 0.2) is 0 Å². The molecule has 136 valence electrons. The standard InChI is InChI=1S/C21H28N2O.ClH/c1-15-12-19(20(24-3)13-16(15)2)14-18-10-7-11-23(22)21(18)17-8-5-4-6-9-17;/h4-6,8-9,12-13,18,21H,7,10-11,14,22H2,1-3H3;1H/t18-,21+;/m0./s1. The highest BCUT2D eigenvalue weighted by Gasteiger charge is 2.31. The summed E-state index contributed by atoms with van der Waals surface area (Å²) >= 11 is 0. The lowest BCUT2D eigenvalue weighted by Crippen LogP contribution is -2.44. The van der Waals surface area contributed by atoms with Crippen LogP contribution < -0.4 is 10.6 Å². The fourth-order valence-corrected chi connectivity index (χ4v) is 3.91. The highest BCUT2D eigenvalue weighted by atomic mass is 35.5. The molecule has 2 atom stereocenters. The quantitative estimate of drug-likeness (QED) is 0.809. The second-order valence-electron chi connectivity index (χ2n) is 6.95. The number of aryl methyl sites for hydroxylation is 2. The maximum Gasteiger partial charge on any atom is 0.122 e. The molecule has 1 heterocycles. The Balaban J connectivity index is 0.00000225. The van der Waals surface area contributed by atoms with Gasteiger partial charge in [-0.05, 0) is 67.3 Å². The second kappa shape index (κ2) is 8.70. The SMILES string of the molecule is COc1cc(C)c(C)cc1C[C@@H]1CCCN(N)[C@@H]1c1ccccc1.Cl. The molecule has 3 nitrogen and oxygen atoms in total. The van der Waals surface area contributed by atoms with Gasteiger partial charge < -0.3 is 4.74 Å². The van der Waals surface area contributed by atoms with E-state index in [0.717, 1.165) is 25.1 Å². The number of ether oxygens (including phenoxy) is 1. The van der Waals surface area contributed by atoms with E-state index < -0.39 is 0 Å². The van der Waals surface area contributed by atoms with Gasteiger partial charge in [-0.15, -0.1) is 12.4 Å². The smallest absolute Gasteiger partial charge is 0.122 e. The van der Waals surface area contributed by atoms with Crippen LogP contribution in [0.3, 0.4) is 0 Å². The fourth-order valence-electron chi connectivity index (χ4n) is 3.91. The van der Waals surface area contributed by atoms with Gasteiger partial charge in [0.25, 0.3) is 0 Å². The maximum absolute atomic E-state index is 6.38. The first-order chi connectivity index (χ1) is 11.6. The molecule has 0 spiro atoms. The van der Waals surface area contributed by atoms with E-state index in [2.05, 4.69) is 56.3 Å². The molecule has 0 unspecified atom stereocenters. The highest BCUT2D eigenvalue weighted by Crippen LogP contribution is 2.38. The zero-order valence-electron chi connectivity index (χ0n) is 15.4. The van der Waals surface area contributed by atoms with Crippen LogP contribution in [0.25, 0.3) is 0 Å². The van der Waals surface area contributed by atoms with Gasteiger partial charge in [0, 0.05) is 6.54 Å². The molecule has 2 aromatic carbocycles. The summed E-state index contributed by atoms with van der Waals surface area (Å²) in [7, 11) is 1.76. The van der Waals surface area contributed by atoms with E-state index in [9.17, 15) is 0 Å². The van der Waals surface area contributed by atoms with Crippen LogP contribution in [0.1, 0.15) is 41.1 Å². The number of methoxy groups -OCH3 is 1. The number of hydrogen-bond acceptors (Lipinski definition) is 3. The number of hydrazine groups is 1. The predicted octanol–water partition coefficient (Wildman–Crippen LogP) is 4.60. The Kier molecular flexibility index (Phi) is 6.88. The molecule has 2 aromatic rings. The molecule has 1 saturated heterocycles. The number of hydrogen-bond donors (Lipinski definition) is 1. The number of halogens is 1. The number of nitrogens with zero attached hydrogens (tertiary/aromatic N) is 1. The summed E-state index contributed by atoms with van der Waals surface area (Å²) in [6.07, 6.45) is 3.35. The Morgan fingerprint density at radius 1 is 1.12 bits per heavy atom. The van der Waals surface area contributed by atoms with Gasteiger partial charge >= 0.3 is 0 Å². The first-order valence-corrected chi connectivity index (χ1v) is 8.80. The lowest BCUT2D eigenvalue weighted by atomic mass is 9.81. The molecule has 2 N–H and O–H groups in total. The minimum absolute atomic E-state index is 0. The van der Waals surface area contributed by atoms with Crippen LogP contribution in [0.2, 0.25) is 0 Å². The van der Waals surface area contributed by atoms with Crippen molar-refractivity contribution in [3.8, 4) is 5.75 Å². The third-order valence-corrected chi connectivity index (χ3v) is 5.31. The van der Waals surface area contributed by atoms with Crippen LogP contribution in [-0.2, 0) is 6.42 Å². The van der Waals surface area contributed by atoms with Crippen molar-refractivity contribution in [1.82, 2.24) is 5.01 Å². The molecule has 25 heavy (non-hydrogen) atoms. The molecule has 0 amide bonds. The van der Waals surface area contributed by atoms with E-state index in [-0.39, 0.29) is 18.4 Å². The molecule has 0 aromatic heterocycles. The van der Waals surface area contributed by atoms with E-state index >= 15 is 0 Å². The van der Waals surface area contributed by atoms with E-state index in [1.807, 2.05) is 5.01 Å². The number of piperidine rings is 1. The molecule has 0 radical (unpaired) electrons. The van der Waals surface area contributed by atoms with E-state index in [1.54, 1.807) is 7.11 Å². The molecule has 0 saturated carbocycles. The van der Waals surface area contributed by atoms with Crippen molar-refractivity contribution in [2.45, 2.75) is 39.2 Å². The summed E-state index contributed by atoms with van der Waals surface area (Å²) in [4.78, 5) is 0. The van der Waals surface area contributed by atoms with E-state index in [0.29, 0.717) is 5.92 Å². The summed E-state index contributed by atoms with van der Waals surface area (Å²) in [5.74, 6) is 7.88. The minimum atomic E-state index is 0. The Morgan fingerprint density at radius 2 is 1.80 bits per heavy atom. The van der Waals surface area contributed by atoms with Crippen LogP contribution in [0, 0.1) is 19.8 Å². The molecule has 4 heteroatoms. The third kappa shape index (κ3) is 4.35. The lowest BCUT2D eigenvalue weighted by Gasteiger charge is -2.39. The summed E-state index contributed by atoms with van der Waals surface area (Å²) in [5, 5.41) is 2.02. The zero-order valence-corrected chi connectivity index (χ0v) is 16.2. The van der Waals surface area contributed by atoms with Crippen LogP contribution in [0.15, 0.2) is 42.5 Å². The van der Waals surface area contributed by atoms with Crippen molar-refractivity contribution in [3.05, 3.63) is 64.7 Å². The minimum Gasteiger partial charge on any atom is -0.496 e. The van der Waals surface area contributed by atoms with Crippen LogP contribution >= 0.6 is 12.4 Å². The summed E-state index contributed by atoms with van der Waals surface area (Å²) in [6.45, 7) is 5.26. The van der Waals surface area contributed by atoms with Crippen molar-refractivity contribution >= 4 is 12.4 Å². The van der Waals surface area contributed by atoms with Gasteiger partial charge in [0.1, 0.15) is 5.75 Å². The summed E-state index contributed by atoms with van der Waals surface area (Å²) < 4.78 is 5.65. The van der Waals surface area contributed by atoms with Gasteiger partial charge in [-0.3, -0.25) is 5.84 Å². The molecular formula is C21H29ClN2O. The largest absolute Gasteiger partial charge is 0.496 e. The molecule has 0 bridgehead atoms. The number of rotatable bonds is 4. The highest BCUT2D eigenvalue weighted by molar-refractivity contribution is 5.85. The lowest BCUT2D eigenvalue weighted by molar-refractivity contribution is 0.0923. The Bertz CT molecular complexity index is 690. The van der Waals surface area contributed by atoms with Crippen molar-refractivity contribution < 1.29 is 4.74 Å². The topological polar surface area (TPSA) is 38.5 Å². The summed E-state index contributed by atoms with van der Waals surface area (Å²) in [6, 6.07) is 15.4. The summed E-state index contributed by atoms with van der Waals surface area (Å²) in [5.41, 5.74) is 5.20. The average Bonchev–Trinajstić information content (AvgIpc) is 2.59. The van der Waals surface area contributed by atoms with E-state index in [1.165, 1.54) is 28.7 Å². The van der Waals surface area contributed by atoms with Gasteiger partial charge in [0.05, 0.1) is 13.2 Å². The molecule has 0 aliphatic carbocycles. The fraction of sp³-hybridized carbons (Fsp3) is 0.429. The average molecular weight is 361 g/mol. The van der Waals surface area contributed by atoms with Gasteiger partial charge in [-0.1, -0.05) is 36.4 Å². The third-order valence-electron chi connectivity index (χ3n) is 5.31. The second-order valence-corrected chi connectivity index (χ2v) is 6.95. The van der Waals surface area contributed by atoms with Crippen molar-refractivity contribution in [2.75, 3.05) is 13.7 Å². The molecular weight excluding hydrogens is 332 g/mol. The van der Waals surface area contributed by atoms with Crippen LogP contribution in [-0.4, -0.2) is 18.7 Å². The number of benzene rings is 2. The van der Waals surface area contributed by atoms with Crippen molar-refractivity contribution in [3.63, 3.8) is 0 Å². The monoisotopic (exact) mass is 360 g/mol. The Hall–Kier alpha value is -1.55. The molecule has 1 fully saturated rings. The molecule has 1 aliphatic heterocycles.